The number of furan rings is 1. The van der Waals surface area contributed by atoms with E-state index in [1.165, 1.54) is 21.8 Å². The van der Waals surface area contributed by atoms with Gasteiger partial charge in [-0.2, -0.15) is 0 Å². The van der Waals surface area contributed by atoms with E-state index in [9.17, 15) is 0 Å². The summed E-state index contributed by atoms with van der Waals surface area (Å²) in [5.74, 6) is 1.17. The summed E-state index contributed by atoms with van der Waals surface area (Å²) < 4.78 is 13.0. The van der Waals surface area contributed by atoms with Crippen LogP contribution in [0.15, 0.2) is 192 Å². The van der Waals surface area contributed by atoms with E-state index >= 15 is 0 Å². The molecule has 4 N–H and O–H groups in total. The minimum atomic E-state index is 0.577. The molecule has 12 aromatic rings. The number of allylic oxidation sites excluding steroid dienone is 2. The van der Waals surface area contributed by atoms with Crippen LogP contribution in [0.2, 0.25) is 0 Å². The lowest BCUT2D eigenvalue weighted by molar-refractivity contribution is 0.669. The fourth-order valence-corrected chi connectivity index (χ4v) is 9.24. The molecule has 0 bridgehead atoms. The fraction of sp³-hybridized carbons (Fsp3) is 0. The van der Waals surface area contributed by atoms with Crippen LogP contribution >= 0.6 is 0 Å². The highest BCUT2D eigenvalue weighted by Gasteiger charge is 2.17. The number of hydrogen-bond donors (Lipinski definition) is 2. The van der Waals surface area contributed by atoms with Gasteiger partial charge < -0.3 is 20.5 Å². The molecule has 0 radical (unpaired) electrons. The summed E-state index contributed by atoms with van der Waals surface area (Å²) >= 11 is 0. The fourth-order valence-electron chi connectivity index (χ4n) is 9.24. The van der Waals surface area contributed by atoms with Gasteiger partial charge in [0.1, 0.15) is 22.8 Å². The molecule has 0 aliphatic rings. The second-order valence-electron chi connectivity index (χ2n) is 15.0. The molecule has 0 atom stereocenters. The molecule has 0 saturated heterocycles. The van der Waals surface area contributed by atoms with Crippen molar-refractivity contribution in [2.45, 2.75) is 0 Å². The van der Waals surface area contributed by atoms with Gasteiger partial charge in [0.2, 0.25) is 0 Å². The van der Waals surface area contributed by atoms with Gasteiger partial charge in [-0.15, -0.1) is 0 Å². The Kier molecular flexibility index (Phi) is 6.83. The number of fused-ring (bicyclic) bond motifs is 12. The smallest absolute Gasteiger partial charge is 0.135 e. The summed E-state index contributed by atoms with van der Waals surface area (Å²) in [6.07, 6.45) is 3.81. The first-order valence-electron chi connectivity index (χ1n) is 19.5. The van der Waals surface area contributed by atoms with Crippen molar-refractivity contribution in [1.29, 1.82) is 0 Å². The minimum Gasteiger partial charge on any atom is -0.456 e. The molecule has 58 heavy (non-hydrogen) atoms. The number of nitrogens with zero attached hydrogens (tertiary/aromatic N) is 3. The zero-order valence-electron chi connectivity index (χ0n) is 31.3. The molecule has 0 fully saturated rings. The van der Waals surface area contributed by atoms with E-state index in [1.54, 1.807) is 0 Å². The van der Waals surface area contributed by atoms with Gasteiger partial charge in [-0.1, -0.05) is 103 Å². The Balaban J connectivity index is 0.964. The third kappa shape index (κ3) is 4.66. The summed E-state index contributed by atoms with van der Waals surface area (Å²) in [6, 6.07) is 62.0. The van der Waals surface area contributed by atoms with Crippen LogP contribution in [0, 0.1) is 0 Å². The quantitative estimate of drug-likeness (QED) is 0.172. The predicted molar refractivity (Wildman–Crippen MR) is 243 cm³/mol. The number of hydrogen-bond acceptors (Lipinski definition) is 3. The van der Waals surface area contributed by atoms with Gasteiger partial charge in [-0.25, -0.2) is 0 Å². The van der Waals surface area contributed by atoms with Crippen LogP contribution in [0.4, 0.5) is 0 Å². The van der Waals surface area contributed by atoms with Crippen LogP contribution in [0.1, 0.15) is 0 Å². The third-order valence-electron chi connectivity index (χ3n) is 11.8. The number of rotatable bonds is 5. The lowest BCUT2D eigenvalue weighted by atomic mass is 10.0. The molecule has 0 unspecified atom stereocenters. The Bertz CT molecular complexity index is 3610. The van der Waals surface area contributed by atoms with Crippen molar-refractivity contribution in [3.63, 3.8) is 0 Å². The van der Waals surface area contributed by atoms with Crippen LogP contribution in [0.3, 0.4) is 0 Å². The van der Waals surface area contributed by atoms with Crippen molar-refractivity contribution in [1.82, 2.24) is 13.7 Å². The molecule has 12 rings (SSSR count). The Morgan fingerprint density at radius 2 is 0.741 bits per heavy atom. The van der Waals surface area contributed by atoms with Crippen LogP contribution in [-0.4, -0.2) is 13.7 Å². The highest BCUT2D eigenvalue weighted by atomic mass is 16.3. The van der Waals surface area contributed by atoms with Crippen LogP contribution in [0.5, 0.6) is 0 Å². The second kappa shape index (κ2) is 12.3. The van der Waals surface area contributed by atoms with Crippen molar-refractivity contribution in [2.75, 3.05) is 0 Å². The van der Waals surface area contributed by atoms with E-state index in [4.69, 9.17) is 15.9 Å². The number of aromatic nitrogens is 3. The number of para-hydroxylation sites is 5. The molecule has 0 spiro atoms. The summed E-state index contributed by atoms with van der Waals surface area (Å²) in [5, 5.41) is 9.22. The monoisotopic (exact) mass is 745 g/mol. The lowest BCUT2D eigenvalue weighted by Crippen LogP contribution is -2.08. The van der Waals surface area contributed by atoms with E-state index in [0.717, 1.165) is 82.4 Å². The van der Waals surface area contributed by atoms with Gasteiger partial charge in [0.15, 0.2) is 0 Å². The molecule has 6 heteroatoms. The van der Waals surface area contributed by atoms with E-state index in [-0.39, 0.29) is 0 Å². The molecular weight excluding hydrogens is 711 g/mol. The Hall–Kier alpha value is -7.96. The van der Waals surface area contributed by atoms with Gasteiger partial charge in [0.05, 0.1) is 33.1 Å². The van der Waals surface area contributed by atoms with Gasteiger partial charge in [0.25, 0.3) is 0 Å². The zero-order valence-corrected chi connectivity index (χ0v) is 31.3. The average Bonchev–Trinajstić information content (AvgIpc) is 4.01. The maximum Gasteiger partial charge on any atom is 0.135 e. The topological polar surface area (TPSA) is 80.0 Å². The van der Waals surface area contributed by atoms with Gasteiger partial charge >= 0.3 is 0 Å². The van der Waals surface area contributed by atoms with E-state index in [1.807, 2.05) is 24.3 Å². The molecule has 274 valence electrons. The highest BCUT2D eigenvalue weighted by molar-refractivity contribution is 6.14. The Morgan fingerprint density at radius 3 is 1.28 bits per heavy atom. The summed E-state index contributed by atoms with van der Waals surface area (Å²) in [5.41, 5.74) is 25.4. The largest absolute Gasteiger partial charge is 0.456 e. The van der Waals surface area contributed by atoms with Crippen molar-refractivity contribution < 1.29 is 4.42 Å². The van der Waals surface area contributed by atoms with Crippen molar-refractivity contribution in [3.05, 3.63) is 188 Å². The molecule has 0 aliphatic carbocycles. The van der Waals surface area contributed by atoms with E-state index < -0.39 is 0 Å². The third-order valence-corrected chi connectivity index (χ3v) is 11.8. The van der Waals surface area contributed by atoms with Gasteiger partial charge in [-0.3, -0.25) is 9.13 Å². The first kappa shape index (κ1) is 32.3. The second-order valence-corrected chi connectivity index (χ2v) is 15.0. The first-order chi connectivity index (χ1) is 28.6. The van der Waals surface area contributed by atoms with E-state index in [2.05, 4.69) is 177 Å². The minimum absolute atomic E-state index is 0.577. The molecule has 0 saturated carbocycles. The number of nitrogens with two attached hydrogens (primary N) is 2. The van der Waals surface area contributed by atoms with Crippen molar-refractivity contribution in [3.8, 4) is 16.8 Å². The van der Waals surface area contributed by atoms with Gasteiger partial charge in [0, 0.05) is 48.8 Å². The standard InChI is InChI=1S/C52H35N5O/c53-51(56-45-18-8-3-13-37(45)38-14-4-9-19-46(38)56)27-28-52(54)57-47-20-10-5-15-39(47)40-29-32(21-24-48(40)57)33-22-25-49-41(30-33)42-31-34(23-26-50(42)58-49)55-43-16-6-1-11-35(43)36-12-2-7-17-44(36)55/h1-31H,53-54H2/b51-27+,52-28+. The Labute approximate surface area is 332 Å². The van der Waals surface area contributed by atoms with Gasteiger partial charge in [-0.05, 0) is 96.1 Å². The van der Waals surface area contributed by atoms with Crippen LogP contribution < -0.4 is 11.5 Å². The lowest BCUT2D eigenvalue weighted by Gasteiger charge is -2.10. The number of benzene rings is 8. The molecule has 6 nitrogen and oxygen atoms in total. The highest BCUT2D eigenvalue weighted by Crippen LogP contribution is 2.39. The SMILES string of the molecule is N/C(=C\C=C(/N)n1c2ccccc2c2cc(-c3ccc4oc5ccc(-n6c7ccccc7c7ccccc76)cc5c4c3)ccc21)n1c2ccccc2c2ccccc21. The van der Waals surface area contributed by atoms with Crippen LogP contribution in [0.25, 0.3) is 116 Å². The maximum absolute atomic E-state index is 6.96. The molecule has 0 amide bonds. The predicted octanol–water partition coefficient (Wildman–Crippen LogP) is 12.8. The molecular formula is C52H35N5O. The van der Waals surface area contributed by atoms with E-state index in [0.29, 0.717) is 11.6 Å². The Morgan fingerprint density at radius 1 is 0.362 bits per heavy atom. The molecule has 4 heterocycles. The molecule has 0 aliphatic heterocycles. The van der Waals surface area contributed by atoms with Crippen molar-refractivity contribution >= 4 is 99.0 Å². The molecule has 4 aromatic heterocycles. The summed E-state index contributed by atoms with van der Waals surface area (Å²) in [6.45, 7) is 0. The maximum atomic E-state index is 6.96. The average molecular weight is 746 g/mol. The molecule has 8 aromatic carbocycles. The van der Waals surface area contributed by atoms with Crippen LogP contribution in [-0.2, 0) is 0 Å². The summed E-state index contributed by atoms with van der Waals surface area (Å²) in [4.78, 5) is 0. The summed E-state index contributed by atoms with van der Waals surface area (Å²) in [7, 11) is 0. The first-order valence-corrected chi connectivity index (χ1v) is 19.5. The van der Waals surface area contributed by atoms with Crippen molar-refractivity contribution in [2.24, 2.45) is 11.5 Å². The zero-order chi connectivity index (χ0) is 38.5. The normalized spacial score (nSPS) is 12.8.